The van der Waals surface area contributed by atoms with Crippen LogP contribution >= 0.6 is 0 Å². The van der Waals surface area contributed by atoms with Crippen LogP contribution in [-0.4, -0.2) is 34.4 Å². The summed E-state index contributed by atoms with van der Waals surface area (Å²) in [6.45, 7) is 3.71. The van der Waals surface area contributed by atoms with Crippen LogP contribution in [0.1, 0.15) is 48.7 Å². The van der Waals surface area contributed by atoms with Crippen LogP contribution in [-0.2, 0) is 6.54 Å². The van der Waals surface area contributed by atoms with Crippen molar-refractivity contribution in [2.75, 3.05) is 6.54 Å². The molecule has 0 unspecified atom stereocenters. The van der Waals surface area contributed by atoms with Crippen molar-refractivity contribution in [3.05, 3.63) is 71.9 Å². The van der Waals surface area contributed by atoms with E-state index in [2.05, 4.69) is 52.5 Å². The number of aromatic amines is 1. The van der Waals surface area contributed by atoms with Crippen LogP contribution in [0.25, 0.3) is 10.9 Å². The topological polar surface area (TPSA) is 48.1 Å². The van der Waals surface area contributed by atoms with E-state index in [1.54, 1.807) is 0 Å². The van der Waals surface area contributed by atoms with Gasteiger partial charge in [-0.2, -0.15) is 0 Å². The fourth-order valence-electron chi connectivity index (χ4n) is 4.40. The summed E-state index contributed by atoms with van der Waals surface area (Å²) in [5.74, 6) is 0.118. The van der Waals surface area contributed by atoms with Crippen LogP contribution in [0.5, 0.6) is 0 Å². The molecule has 1 saturated carbocycles. The van der Waals surface area contributed by atoms with Crippen molar-refractivity contribution in [2.24, 2.45) is 0 Å². The number of nitrogens with zero attached hydrogens (tertiary/aromatic N) is 1. The van der Waals surface area contributed by atoms with Gasteiger partial charge in [-0.15, -0.1) is 0 Å². The van der Waals surface area contributed by atoms with Gasteiger partial charge in [0.15, 0.2) is 0 Å². The quantitative estimate of drug-likeness (QED) is 0.654. The molecule has 28 heavy (non-hydrogen) atoms. The molecule has 4 nitrogen and oxygen atoms in total. The van der Waals surface area contributed by atoms with Gasteiger partial charge in [-0.3, -0.25) is 4.79 Å². The van der Waals surface area contributed by atoms with Crippen LogP contribution in [0.4, 0.5) is 0 Å². The molecule has 2 N–H and O–H groups in total. The number of aromatic nitrogens is 1. The Bertz CT molecular complexity index is 885. The van der Waals surface area contributed by atoms with Crippen molar-refractivity contribution >= 4 is 16.8 Å². The number of H-pyrrole nitrogens is 1. The summed E-state index contributed by atoms with van der Waals surface area (Å²) in [7, 11) is 0. The molecule has 2 atom stereocenters. The maximum atomic E-state index is 13.2. The van der Waals surface area contributed by atoms with E-state index in [0.717, 1.165) is 43.3 Å². The molecule has 146 valence electrons. The van der Waals surface area contributed by atoms with E-state index in [-0.39, 0.29) is 5.91 Å². The molecule has 2 aromatic carbocycles. The van der Waals surface area contributed by atoms with Crippen molar-refractivity contribution in [3.63, 3.8) is 0 Å². The van der Waals surface area contributed by atoms with Crippen LogP contribution in [0.3, 0.4) is 0 Å². The molecule has 1 aromatic heterocycles. The molecule has 0 aliphatic heterocycles. The second-order valence-corrected chi connectivity index (χ2v) is 7.75. The van der Waals surface area contributed by atoms with Crippen LogP contribution in [0, 0.1) is 0 Å². The Balaban J connectivity index is 1.42. The molecule has 1 amide bonds. The van der Waals surface area contributed by atoms with E-state index in [4.69, 9.17) is 0 Å². The summed E-state index contributed by atoms with van der Waals surface area (Å²) >= 11 is 0. The van der Waals surface area contributed by atoms with Gasteiger partial charge >= 0.3 is 0 Å². The molecular weight excluding hydrogens is 346 g/mol. The summed E-state index contributed by atoms with van der Waals surface area (Å²) in [6.07, 6.45) is 4.45. The third-order valence-corrected chi connectivity index (χ3v) is 5.89. The molecule has 0 saturated heterocycles. The Morgan fingerprint density at radius 2 is 1.89 bits per heavy atom. The maximum absolute atomic E-state index is 13.2. The molecule has 3 aromatic rings. The highest BCUT2D eigenvalue weighted by atomic mass is 16.2. The minimum atomic E-state index is 0.118. The molecule has 0 spiro atoms. The predicted octanol–water partition coefficient (Wildman–Crippen LogP) is 4.73. The van der Waals surface area contributed by atoms with Gasteiger partial charge in [-0.1, -0.05) is 48.5 Å². The van der Waals surface area contributed by atoms with Gasteiger partial charge in [0.1, 0.15) is 5.69 Å². The lowest BCUT2D eigenvalue weighted by Gasteiger charge is -2.37. The fourth-order valence-corrected chi connectivity index (χ4v) is 4.40. The number of nitrogens with one attached hydrogen (secondary N) is 2. The van der Waals surface area contributed by atoms with Gasteiger partial charge in [0.25, 0.3) is 5.91 Å². The Labute approximate surface area is 166 Å². The van der Waals surface area contributed by atoms with Gasteiger partial charge in [-0.25, -0.2) is 0 Å². The Hall–Kier alpha value is -2.59. The van der Waals surface area contributed by atoms with Crippen LogP contribution in [0.15, 0.2) is 60.7 Å². The number of hydrogen-bond acceptors (Lipinski definition) is 2. The van der Waals surface area contributed by atoms with Crippen LogP contribution in [0.2, 0.25) is 0 Å². The highest BCUT2D eigenvalue weighted by Gasteiger charge is 2.29. The molecule has 1 aliphatic rings. The molecular formula is C24H29N3O. The second kappa shape index (κ2) is 8.61. The van der Waals surface area contributed by atoms with Crippen molar-refractivity contribution in [1.29, 1.82) is 0 Å². The molecule has 4 rings (SSSR count). The van der Waals surface area contributed by atoms with Gasteiger partial charge in [0, 0.05) is 36.1 Å². The molecule has 1 heterocycles. The van der Waals surface area contributed by atoms with Gasteiger partial charge in [0.05, 0.1) is 0 Å². The van der Waals surface area contributed by atoms with Crippen molar-refractivity contribution < 1.29 is 4.79 Å². The highest BCUT2D eigenvalue weighted by Crippen LogP contribution is 2.25. The lowest BCUT2D eigenvalue weighted by atomic mass is 9.89. The normalized spacial score (nSPS) is 19.6. The number of benzene rings is 2. The Morgan fingerprint density at radius 1 is 1.11 bits per heavy atom. The van der Waals surface area contributed by atoms with E-state index in [1.165, 1.54) is 12.0 Å². The fraction of sp³-hybridized carbons (Fsp3) is 0.375. The standard InChI is InChI=1S/C24H29N3O/c1-2-27(24(28)23-15-19-11-6-7-14-22(19)26-23)21-13-8-12-20(16-21)25-17-18-9-4-3-5-10-18/h3-7,9-11,14-15,20-21,25-26H,2,8,12-13,16-17H2,1H3/t20-,21+/m0/s1. The van der Waals surface area contributed by atoms with Crippen LogP contribution < -0.4 is 5.32 Å². The Morgan fingerprint density at radius 3 is 2.68 bits per heavy atom. The van der Waals surface area contributed by atoms with E-state index in [0.29, 0.717) is 17.8 Å². The SMILES string of the molecule is CCN(C(=O)c1cc2ccccc2[nH]1)[C@@H]1CCC[C@H](NCc2ccccc2)C1. The van der Waals surface area contributed by atoms with E-state index < -0.39 is 0 Å². The minimum Gasteiger partial charge on any atom is -0.351 e. The van der Waals surface area contributed by atoms with Gasteiger partial charge < -0.3 is 15.2 Å². The largest absolute Gasteiger partial charge is 0.351 e. The van der Waals surface area contributed by atoms with Gasteiger partial charge in [0.2, 0.25) is 0 Å². The monoisotopic (exact) mass is 375 g/mol. The first-order valence-electron chi connectivity index (χ1n) is 10.4. The average Bonchev–Trinajstić information content (AvgIpc) is 3.18. The number of hydrogen-bond donors (Lipinski definition) is 2. The molecule has 4 heteroatoms. The summed E-state index contributed by atoms with van der Waals surface area (Å²) in [5.41, 5.74) is 3.03. The third-order valence-electron chi connectivity index (χ3n) is 5.89. The maximum Gasteiger partial charge on any atom is 0.270 e. The zero-order valence-electron chi connectivity index (χ0n) is 16.5. The zero-order chi connectivity index (χ0) is 19.3. The number of carbonyl (C=O) groups excluding carboxylic acids is 1. The first kappa shape index (κ1) is 18.8. The summed E-state index contributed by atoms with van der Waals surface area (Å²) in [5, 5.41) is 4.79. The summed E-state index contributed by atoms with van der Waals surface area (Å²) in [4.78, 5) is 18.6. The molecule has 1 fully saturated rings. The van der Waals surface area contributed by atoms with Crippen molar-refractivity contribution in [3.8, 4) is 0 Å². The molecule has 0 radical (unpaired) electrons. The lowest BCUT2D eigenvalue weighted by Crippen LogP contribution is -2.46. The number of para-hydroxylation sites is 1. The summed E-state index contributed by atoms with van der Waals surface area (Å²) in [6, 6.07) is 21.3. The number of carbonyl (C=O) groups is 1. The van der Waals surface area contributed by atoms with E-state index >= 15 is 0 Å². The highest BCUT2D eigenvalue weighted by molar-refractivity contribution is 5.98. The number of fused-ring (bicyclic) bond motifs is 1. The number of rotatable bonds is 6. The zero-order valence-corrected chi connectivity index (χ0v) is 16.5. The Kier molecular flexibility index (Phi) is 5.77. The first-order chi connectivity index (χ1) is 13.7. The average molecular weight is 376 g/mol. The first-order valence-corrected chi connectivity index (χ1v) is 10.4. The summed E-state index contributed by atoms with van der Waals surface area (Å²) < 4.78 is 0. The third kappa shape index (κ3) is 4.12. The number of amides is 1. The molecule has 1 aliphatic carbocycles. The minimum absolute atomic E-state index is 0.118. The predicted molar refractivity (Wildman–Crippen MR) is 114 cm³/mol. The second-order valence-electron chi connectivity index (χ2n) is 7.75. The van der Waals surface area contributed by atoms with Gasteiger partial charge in [-0.05, 0) is 50.3 Å². The van der Waals surface area contributed by atoms with E-state index in [9.17, 15) is 4.79 Å². The van der Waals surface area contributed by atoms with E-state index in [1.807, 2.05) is 30.3 Å². The van der Waals surface area contributed by atoms with Crippen molar-refractivity contribution in [2.45, 2.75) is 51.2 Å². The lowest BCUT2D eigenvalue weighted by molar-refractivity contribution is 0.0623. The van der Waals surface area contributed by atoms with Crippen molar-refractivity contribution in [1.82, 2.24) is 15.2 Å². The smallest absolute Gasteiger partial charge is 0.270 e. The molecule has 0 bridgehead atoms.